The maximum Gasteiger partial charge on any atom is 0.341 e. The van der Waals surface area contributed by atoms with Crippen molar-refractivity contribution < 1.29 is 19.1 Å². The highest BCUT2D eigenvalue weighted by molar-refractivity contribution is 7.17. The first kappa shape index (κ1) is 20.4. The Morgan fingerprint density at radius 2 is 2.14 bits per heavy atom. The number of rotatable bonds is 7. The van der Waals surface area contributed by atoms with Gasteiger partial charge in [-0.1, -0.05) is 19.1 Å². The van der Waals surface area contributed by atoms with Gasteiger partial charge in [0, 0.05) is 11.3 Å². The minimum atomic E-state index is -0.370. The number of anilines is 1. The lowest BCUT2D eigenvalue weighted by Gasteiger charge is -2.18. The van der Waals surface area contributed by atoms with Crippen molar-refractivity contribution in [2.75, 3.05) is 19.0 Å². The summed E-state index contributed by atoms with van der Waals surface area (Å²) in [6.45, 7) is 4.70. The van der Waals surface area contributed by atoms with E-state index >= 15 is 0 Å². The van der Waals surface area contributed by atoms with Crippen LogP contribution in [0.4, 0.5) is 5.00 Å². The van der Waals surface area contributed by atoms with E-state index < -0.39 is 0 Å². The molecular formula is C22H27NO4S. The van der Waals surface area contributed by atoms with Crippen LogP contribution in [0.1, 0.15) is 52.5 Å². The van der Waals surface area contributed by atoms with Gasteiger partial charge in [0.15, 0.2) is 0 Å². The molecule has 0 unspecified atom stereocenters. The van der Waals surface area contributed by atoms with Crippen LogP contribution in [0.2, 0.25) is 0 Å². The molecule has 6 heteroatoms. The summed E-state index contributed by atoms with van der Waals surface area (Å²) in [5.74, 6) is 0.933. The molecule has 0 spiro atoms. The average molecular weight is 402 g/mol. The van der Waals surface area contributed by atoms with E-state index in [1.807, 2.05) is 31.2 Å². The van der Waals surface area contributed by atoms with Crippen LogP contribution in [0.3, 0.4) is 0 Å². The monoisotopic (exact) mass is 401 g/mol. The number of amides is 1. The highest BCUT2D eigenvalue weighted by atomic mass is 32.1. The molecule has 0 fully saturated rings. The maximum atomic E-state index is 12.4. The van der Waals surface area contributed by atoms with Gasteiger partial charge in [-0.05, 0) is 61.8 Å². The SMILES string of the molecule is COC(=O)c1c(NC(=O)CCCOc2cccc(C)c2)sc2c1CC[C@@H](C)C2. The second-order valence-electron chi connectivity index (χ2n) is 7.36. The summed E-state index contributed by atoms with van der Waals surface area (Å²) in [7, 11) is 1.38. The molecule has 0 radical (unpaired) electrons. The molecule has 1 atom stereocenters. The first-order valence-electron chi connectivity index (χ1n) is 9.70. The normalized spacial score (nSPS) is 15.6. The quantitative estimate of drug-likeness (QED) is 0.536. The second kappa shape index (κ2) is 9.24. The molecule has 0 aliphatic heterocycles. The average Bonchev–Trinajstić information content (AvgIpc) is 3.01. The smallest absolute Gasteiger partial charge is 0.341 e. The van der Waals surface area contributed by atoms with Crippen LogP contribution in [0.25, 0.3) is 0 Å². The Labute approximate surface area is 170 Å². The van der Waals surface area contributed by atoms with E-state index in [2.05, 4.69) is 12.2 Å². The third-order valence-corrected chi connectivity index (χ3v) is 6.13. The van der Waals surface area contributed by atoms with E-state index in [4.69, 9.17) is 9.47 Å². The van der Waals surface area contributed by atoms with E-state index in [1.165, 1.54) is 23.3 Å². The molecule has 3 rings (SSSR count). The molecule has 150 valence electrons. The largest absolute Gasteiger partial charge is 0.494 e. The number of benzene rings is 1. The van der Waals surface area contributed by atoms with Gasteiger partial charge in [-0.15, -0.1) is 11.3 Å². The molecule has 1 amide bonds. The minimum Gasteiger partial charge on any atom is -0.494 e. The summed E-state index contributed by atoms with van der Waals surface area (Å²) < 4.78 is 10.7. The van der Waals surface area contributed by atoms with Crippen molar-refractivity contribution in [3.63, 3.8) is 0 Å². The van der Waals surface area contributed by atoms with Crippen LogP contribution in [0.5, 0.6) is 5.75 Å². The molecule has 1 aliphatic carbocycles. The molecule has 1 N–H and O–H groups in total. The van der Waals surface area contributed by atoms with E-state index in [1.54, 1.807) is 0 Å². The van der Waals surface area contributed by atoms with Gasteiger partial charge in [0.1, 0.15) is 10.8 Å². The molecule has 1 aromatic heterocycles. The molecule has 1 aliphatic rings. The lowest BCUT2D eigenvalue weighted by Crippen LogP contribution is -2.16. The van der Waals surface area contributed by atoms with E-state index in [-0.39, 0.29) is 11.9 Å². The van der Waals surface area contributed by atoms with Gasteiger partial charge in [-0.3, -0.25) is 4.79 Å². The molecule has 1 heterocycles. The topological polar surface area (TPSA) is 64.6 Å². The Bertz CT molecular complexity index is 858. The van der Waals surface area contributed by atoms with Crippen LogP contribution in [-0.4, -0.2) is 25.6 Å². The van der Waals surface area contributed by atoms with E-state index in [0.717, 1.165) is 36.1 Å². The number of fused-ring (bicyclic) bond motifs is 1. The summed E-state index contributed by atoms with van der Waals surface area (Å²) in [6.07, 6.45) is 3.81. The van der Waals surface area contributed by atoms with Crippen molar-refractivity contribution in [2.24, 2.45) is 5.92 Å². The fourth-order valence-corrected chi connectivity index (χ4v) is 4.89. The van der Waals surface area contributed by atoms with Crippen LogP contribution >= 0.6 is 11.3 Å². The maximum absolute atomic E-state index is 12.4. The molecule has 0 saturated carbocycles. The Balaban J connectivity index is 1.58. The Morgan fingerprint density at radius 1 is 1.32 bits per heavy atom. The molecule has 1 aromatic carbocycles. The Kier molecular flexibility index (Phi) is 6.73. The molecular weight excluding hydrogens is 374 g/mol. The number of methoxy groups -OCH3 is 1. The first-order chi connectivity index (χ1) is 13.5. The zero-order valence-corrected chi connectivity index (χ0v) is 17.5. The van der Waals surface area contributed by atoms with Crippen molar-refractivity contribution >= 4 is 28.2 Å². The van der Waals surface area contributed by atoms with Gasteiger partial charge in [0.05, 0.1) is 19.3 Å². The number of esters is 1. The van der Waals surface area contributed by atoms with Crippen LogP contribution in [0.15, 0.2) is 24.3 Å². The standard InChI is InChI=1S/C22H27NO4S/c1-14-6-4-7-16(12-14)27-11-5-8-19(24)23-21-20(22(25)26-3)17-10-9-15(2)13-18(17)28-21/h4,6-7,12,15H,5,8-11,13H2,1-3H3,(H,23,24)/t15-/m1/s1. The lowest BCUT2D eigenvalue weighted by molar-refractivity contribution is -0.116. The van der Waals surface area contributed by atoms with E-state index in [9.17, 15) is 9.59 Å². The second-order valence-corrected chi connectivity index (χ2v) is 8.47. The highest BCUT2D eigenvalue weighted by Crippen LogP contribution is 2.40. The molecule has 2 aromatic rings. The number of hydrogen-bond acceptors (Lipinski definition) is 5. The molecule has 28 heavy (non-hydrogen) atoms. The fraction of sp³-hybridized carbons (Fsp3) is 0.455. The summed E-state index contributed by atoms with van der Waals surface area (Å²) in [6, 6.07) is 7.85. The van der Waals surface area contributed by atoms with Gasteiger partial charge >= 0.3 is 5.97 Å². The third-order valence-electron chi connectivity index (χ3n) is 4.96. The first-order valence-corrected chi connectivity index (χ1v) is 10.5. The summed E-state index contributed by atoms with van der Waals surface area (Å²) in [5, 5.41) is 3.55. The summed E-state index contributed by atoms with van der Waals surface area (Å²) >= 11 is 1.51. The fourth-order valence-electron chi connectivity index (χ4n) is 3.47. The zero-order chi connectivity index (χ0) is 20.1. The molecule has 0 saturated heterocycles. The van der Waals surface area contributed by atoms with E-state index in [0.29, 0.717) is 35.9 Å². The Hall–Kier alpha value is -2.34. The van der Waals surface area contributed by atoms with Gasteiger partial charge in [0.25, 0.3) is 0 Å². The van der Waals surface area contributed by atoms with Gasteiger partial charge in [-0.2, -0.15) is 0 Å². The van der Waals surface area contributed by atoms with Crippen molar-refractivity contribution in [2.45, 2.75) is 46.0 Å². The van der Waals surface area contributed by atoms with Crippen LogP contribution in [0, 0.1) is 12.8 Å². The van der Waals surface area contributed by atoms with Crippen molar-refractivity contribution in [1.29, 1.82) is 0 Å². The van der Waals surface area contributed by atoms with Crippen LogP contribution in [-0.2, 0) is 22.4 Å². The number of thiophene rings is 1. The number of hydrogen-bond donors (Lipinski definition) is 1. The summed E-state index contributed by atoms with van der Waals surface area (Å²) in [4.78, 5) is 25.9. The predicted molar refractivity (Wildman–Crippen MR) is 111 cm³/mol. The molecule has 0 bridgehead atoms. The number of carbonyl (C=O) groups excluding carboxylic acids is 2. The number of carbonyl (C=O) groups is 2. The highest BCUT2D eigenvalue weighted by Gasteiger charge is 2.28. The lowest BCUT2D eigenvalue weighted by atomic mass is 9.88. The van der Waals surface area contributed by atoms with Crippen LogP contribution < -0.4 is 10.1 Å². The third kappa shape index (κ3) is 4.93. The number of ether oxygens (including phenoxy) is 2. The summed E-state index contributed by atoms with van der Waals surface area (Å²) in [5.41, 5.74) is 2.73. The van der Waals surface area contributed by atoms with Crippen molar-refractivity contribution in [3.05, 3.63) is 45.8 Å². The van der Waals surface area contributed by atoms with Crippen molar-refractivity contribution in [3.8, 4) is 5.75 Å². The van der Waals surface area contributed by atoms with Gasteiger partial charge < -0.3 is 14.8 Å². The van der Waals surface area contributed by atoms with Crippen molar-refractivity contribution in [1.82, 2.24) is 0 Å². The Morgan fingerprint density at radius 3 is 2.89 bits per heavy atom. The minimum absolute atomic E-state index is 0.107. The van der Waals surface area contributed by atoms with Gasteiger partial charge in [0.2, 0.25) is 5.91 Å². The zero-order valence-electron chi connectivity index (χ0n) is 16.7. The molecule has 5 nitrogen and oxygen atoms in total. The van der Waals surface area contributed by atoms with Gasteiger partial charge in [-0.25, -0.2) is 4.79 Å². The number of aryl methyl sites for hydroxylation is 1. The number of nitrogens with one attached hydrogen (secondary N) is 1. The predicted octanol–water partition coefficient (Wildman–Crippen LogP) is 4.77.